The predicted molar refractivity (Wildman–Crippen MR) is 112 cm³/mol. The van der Waals surface area contributed by atoms with Crippen molar-refractivity contribution in [3.05, 3.63) is 64.5 Å². The molecule has 3 heterocycles. The topological polar surface area (TPSA) is 89.6 Å². The number of amides is 2. The molecule has 0 bridgehead atoms. The number of nitrogens with zero attached hydrogens (tertiary/aromatic N) is 1. The van der Waals surface area contributed by atoms with Crippen molar-refractivity contribution >= 4 is 40.6 Å². The predicted octanol–water partition coefficient (Wildman–Crippen LogP) is 3.53. The van der Waals surface area contributed by atoms with Gasteiger partial charge in [-0.3, -0.25) is 9.59 Å². The number of carbonyl (C=O) groups is 2. The highest BCUT2D eigenvalue weighted by molar-refractivity contribution is 8.00. The van der Waals surface area contributed by atoms with Crippen molar-refractivity contribution in [2.75, 3.05) is 17.9 Å². The number of rotatable bonds is 7. The molecule has 0 saturated heterocycles. The highest BCUT2D eigenvalue weighted by Crippen LogP contribution is 2.34. The standard InChI is InChI=1S/C20H17N3O4S2/c24-18(23-13-5-6-16-17(9-13)27-12-26-16)11-29-20-15(4-1-7-21-20)19(25)22-10-14-3-2-8-28-14/h1-9H,10-12H2,(H,22,25)(H,23,24). The lowest BCUT2D eigenvalue weighted by Gasteiger charge is -2.09. The molecule has 0 radical (unpaired) electrons. The van der Waals surface area contributed by atoms with Gasteiger partial charge < -0.3 is 20.1 Å². The lowest BCUT2D eigenvalue weighted by Crippen LogP contribution is -2.23. The Morgan fingerprint density at radius 1 is 1.14 bits per heavy atom. The Hall–Kier alpha value is -3.04. The zero-order valence-corrected chi connectivity index (χ0v) is 16.8. The second-order valence-corrected chi connectivity index (χ2v) is 8.02. The third kappa shape index (κ3) is 4.87. The van der Waals surface area contributed by atoms with Gasteiger partial charge >= 0.3 is 0 Å². The van der Waals surface area contributed by atoms with Crippen molar-refractivity contribution in [3.63, 3.8) is 0 Å². The van der Waals surface area contributed by atoms with Crippen LogP contribution in [0, 0.1) is 0 Å². The molecule has 3 aromatic rings. The minimum atomic E-state index is -0.217. The fourth-order valence-electron chi connectivity index (χ4n) is 2.66. The summed E-state index contributed by atoms with van der Waals surface area (Å²) >= 11 is 2.80. The summed E-state index contributed by atoms with van der Waals surface area (Å²) < 4.78 is 10.6. The fourth-order valence-corrected chi connectivity index (χ4v) is 4.10. The van der Waals surface area contributed by atoms with Gasteiger partial charge in [0.25, 0.3) is 5.91 Å². The molecular weight excluding hydrogens is 410 g/mol. The van der Waals surface area contributed by atoms with Crippen LogP contribution in [-0.2, 0) is 11.3 Å². The molecule has 0 fully saturated rings. The number of hydrogen-bond acceptors (Lipinski definition) is 7. The Balaban J connectivity index is 1.34. The number of thioether (sulfide) groups is 1. The van der Waals surface area contributed by atoms with E-state index in [1.165, 1.54) is 11.8 Å². The quantitative estimate of drug-likeness (QED) is 0.561. The number of fused-ring (bicyclic) bond motifs is 1. The molecule has 0 atom stereocenters. The summed E-state index contributed by atoms with van der Waals surface area (Å²) in [5, 5.41) is 8.17. The summed E-state index contributed by atoms with van der Waals surface area (Å²) in [7, 11) is 0. The minimum absolute atomic E-state index is 0.122. The lowest BCUT2D eigenvalue weighted by molar-refractivity contribution is -0.113. The molecule has 1 aromatic carbocycles. The van der Waals surface area contributed by atoms with Crippen molar-refractivity contribution in [1.82, 2.24) is 10.3 Å². The molecule has 0 saturated carbocycles. The van der Waals surface area contributed by atoms with Crippen LogP contribution < -0.4 is 20.1 Å². The van der Waals surface area contributed by atoms with Crippen molar-refractivity contribution in [3.8, 4) is 11.5 Å². The summed E-state index contributed by atoms with van der Waals surface area (Å²) in [6, 6.07) is 12.5. The number of ether oxygens (including phenoxy) is 2. The van der Waals surface area contributed by atoms with Crippen LogP contribution in [0.3, 0.4) is 0 Å². The first-order valence-electron chi connectivity index (χ1n) is 8.77. The van der Waals surface area contributed by atoms with E-state index in [0.29, 0.717) is 34.3 Å². The molecule has 9 heteroatoms. The number of carbonyl (C=O) groups excluding carboxylic acids is 2. The van der Waals surface area contributed by atoms with Crippen LogP contribution in [0.1, 0.15) is 15.2 Å². The average Bonchev–Trinajstić information content (AvgIpc) is 3.42. The van der Waals surface area contributed by atoms with Crippen molar-refractivity contribution < 1.29 is 19.1 Å². The minimum Gasteiger partial charge on any atom is -0.454 e. The SMILES string of the molecule is O=C(CSc1ncccc1C(=O)NCc1cccs1)Nc1ccc2c(c1)OCO2. The van der Waals surface area contributed by atoms with Gasteiger partial charge in [0.05, 0.1) is 17.9 Å². The van der Waals surface area contributed by atoms with Gasteiger partial charge in [-0.05, 0) is 35.7 Å². The van der Waals surface area contributed by atoms with Crippen LogP contribution in [-0.4, -0.2) is 29.3 Å². The number of nitrogens with one attached hydrogen (secondary N) is 2. The first-order chi connectivity index (χ1) is 14.2. The van der Waals surface area contributed by atoms with Crippen LogP contribution in [0.4, 0.5) is 5.69 Å². The van der Waals surface area contributed by atoms with Gasteiger partial charge in [0, 0.05) is 22.8 Å². The Bertz CT molecular complexity index is 1020. The third-order valence-electron chi connectivity index (χ3n) is 4.02. The van der Waals surface area contributed by atoms with Crippen LogP contribution in [0.2, 0.25) is 0 Å². The maximum absolute atomic E-state index is 12.5. The van der Waals surface area contributed by atoms with Crippen LogP contribution in [0.15, 0.2) is 59.1 Å². The van der Waals surface area contributed by atoms with E-state index < -0.39 is 0 Å². The largest absolute Gasteiger partial charge is 0.454 e. The van der Waals surface area contributed by atoms with E-state index in [2.05, 4.69) is 15.6 Å². The van der Waals surface area contributed by atoms with Crippen LogP contribution in [0.25, 0.3) is 0 Å². The molecule has 29 heavy (non-hydrogen) atoms. The summed E-state index contributed by atoms with van der Waals surface area (Å²) in [6.07, 6.45) is 1.61. The first-order valence-corrected chi connectivity index (χ1v) is 10.6. The molecule has 2 aromatic heterocycles. The Kier molecular flexibility index (Phi) is 5.97. The molecule has 0 spiro atoms. The number of aromatic nitrogens is 1. The van der Waals surface area contributed by atoms with Gasteiger partial charge in [-0.1, -0.05) is 17.8 Å². The van der Waals surface area contributed by atoms with Crippen LogP contribution in [0.5, 0.6) is 11.5 Å². The van der Waals surface area contributed by atoms with E-state index in [4.69, 9.17) is 9.47 Å². The lowest BCUT2D eigenvalue weighted by atomic mass is 10.2. The molecular formula is C20H17N3O4S2. The van der Waals surface area contributed by atoms with Gasteiger partial charge in [-0.15, -0.1) is 11.3 Å². The number of hydrogen-bond donors (Lipinski definition) is 2. The van der Waals surface area contributed by atoms with Gasteiger partial charge in [0.15, 0.2) is 11.5 Å². The van der Waals surface area contributed by atoms with Crippen molar-refractivity contribution in [2.45, 2.75) is 11.6 Å². The number of pyridine rings is 1. The highest BCUT2D eigenvalue weighted by Gasteiger charge is 2.16. The summed E-state index contributed by atoms with van der Waals surface area (Å²) in [6.45, 7) is 0.639. The van der Waals surface area contributed by atoms with E-state index >= 15 is 0 Å². The highest BCUT2D eigenvalue weighted by atomic mass is 32.2. The van der Waals surface area contributed by atoms with Gasteiger partial charge in [0.2, 0.25) is 12.7 Å². The number of anilines is 1. The van der Waals surface area contributed by atoms with E-state index in [0.717, 1.165) is 4.88 Å². The van der Waals surface area contributed by atoms with E-state index in [9.17, 15) is 9.59 Å². The number of benzene rings is 1. The smallest absolute Gasteiger partial charge is 0.254 e. The molecule has 148 valence electrons. The maximum atomic E-state index is 12.5. The second-order valence-electron chi connectivity index (χ2n) is 6.02. The fraction of sp³-hybridized carbons (Fsp3) is 0.150. The molecule has 1 aliphatic heterocycles. The van der Waals surface area contributed by atoms with E-state index in [1.54, 1.807) is 47.9 Å². The summed E-state index contributed by atoms with van der Waals surface area (Å²) in [5.41, 5.74) is 1.07. The van der Waals surface area contributed by atoms with E-state index in [-0.39, 0.29) is 24.4 Å². The Morgan fingerprint density at radius 2 is 2.03 bits per heavy atom. The average molecular weight is 428 g/mol. The maximum Gasteiger partial charge on any atom is 0.254 e. The van der Waals surface area contributed by atoms with E-state index in [1.807, 2.05) is 17.5 Å². The monoisotopic (exact) mass is 427 g/mol. The third-order valence-corrected chi connectivity index (χ3v) is 5.90. The van der Waals surface area contributed by atoms with Crippen LogP contribution >= 0.6 is 23.1 Å². The van der Waals surface area contributed by atoms with Crippen molar-refractivity contribution in [2.24, 2.45) is 0 Å². The van der Waals surface area contributed by atoms with Crippen molar-refractivity contribution in [1.29, 1.82) is 0 Å². The zero-order valence-electron chi connectivity index (χ0n) is 15.2. The Labute approximate surface area is 175 Å². The molecule has 0 aliphatic carbocycles. The number of thiophene rings is 1. The molecule has 1 aliphatic rings. The van der Waals surface area contributed by atoms with Gasteiger partial charge in [-0.25, -0.2) is 4.98 Å². The second kappa shape index (κ2) is 8.97. The Morgan fingerprint density at radius 3 is 2.90 bits per heavy atom. The van der Waals surface area contributed by atoms with Gasteiger partial charge in [0.1, 0.15) is 5.03 Å². The molecule has 2 amide bonds. The molecule has 4 rings (SSSR count). The summed E-state index contributed by atoms with van der Waals surface area (Å²) in [5.74, 6) is 0.958. The summed E-state index contributed by atoms with van der Waals surface area (Å²) in [4.78, 5) is 30.2. The zero-order chi connectivity index (χ0) is 20.1. The van der Waals surface area contributed by atoms with Gasteiger partial charge in [-0.2, -0.15) is 0 Å². The first kappa shape index (κ1) is 19.3. The normalized spacial score (nSPS) is 11.9. The molecule has 2 N–H and O–H groups in total. The molecule has 0 unspecified atom stereocenters. The molecule has 7 nitrogen and oxygen atoms in total.